The summed E-state index contributed by atoms with van der Waals surface area (Å²) < 4.78 is 1.93. The van der Waals surface area contributed by atoms with Gasteiger partial charge < -0.3 is 9.47 Å². The third-order valence-electron chi connectivity index (χ3n) is 3.62. The monoisotopic (exact) mass is 254 g/mol. The molecular weight excluding hydrogens is 240 g/mol. The zero-order valence-electron chi connectivity index (χ0n) is 10.7. The number of likely N-dealkylation sites (N-methyl/N-ethyl adjacent to an activating group) is 1. The van der Waals surface area contributed by atoms with Gasteiger partial charge in [-0.2, -0.15) is 5.26 Å². The van der Waals surface area contributed by atoms with Crippen LogP contribution in [0.2, 0.25) is 0 Å². The lowest BCUT2D eigenvalue weighted by Gasteiger charge is -2.14. The second-order valence-corrected chi connectivity index (χ2v) is 4.79. The van der Waals surface area contributed by atoms with Crippen LogP contribution < -0.4 is 0 Å². The minimum Gasteiger partial charge on any atom is -0.344 e. The molecule has 3 rings (SSSR count). The van der Waals surface area contributed by atoms with Crippen LogP contribution in [0.1, 0.15) is 18.3 Å². The van der Waals surface area contributed by atoms with Gasteiger partial charge in [0.25, 0.3) is 0 Å². The Bertz CT molecular complexity index is 682. The van der Waals surface area contributed by atoms with Crippen LogP contribution in [0.4, 0.5) is 0 Å². The zero-order valence-corrected chi connectivity index (χ0v) is 10.7. The number of hydrogen-bond donors (Lipinski definition) is 0. The van der Waals surface area contributed by atoms with Gasteiger partial charge in [0.2, 0.25) is 5.91 Å². The molecular formula is C14H14N4O. The molecule has 96 valence electrons. The molecule has 1 aromatic carbocycles. The number of hydrogen-bond acceptors (Lipinski definition) is 3. The average molecular weight is 254 g/mol. The van der Waals surface area contributed by atoms with Gasteiger partial charge in [0.15, 0.2) is 0 Å². The topological polar surface area (TPSA) is 61.9 Å². The molecule has 5 nitrogen and oxygen atoms in total. The standard InChI is InChI=1S/C14H14N4O/c1-17-9-7-12(14(17)19)18-11-5-3-2-4-10(11)16-13(18)6-8-15/h2-5,12H,6-7,9H2,1H3. The number of fused-ring (bicyclic) bond motifs is 1. The number of amides is 1. The number of aromatic nitrogens is 2. The quantitative estimate of drug-likeness (QED) is 0.816. The minimum absolute atomic E-state index is 0.0994. The van der Waals surface area contributed by atoms with E-state index in [1.165, 1.54) is 0 Å². The molecule has 0 radical (unpaired) electrons. The first-order chi connectivity index (χ1) is 9.22. The smallest absolute Gasteiger partial charge is 0.245 e. The first kappa shape index (κ1) is 11.7. The highest BCUT2D eigenvalue weighted by atomic mass is 16.2. The number of para-hydroxylation sites is 2. The van der Waals surface area contributed by atoms with Crippen molar-refractivity contribution in [3.63, 3.8) is 0 Å². The Morgan fingerprint density at radius 3 is 2.95 bits per heavy atom. The van der Waals surface area contributed by atoms with Crippen LogP contribution in [0.25, 0.3) is 11.0 Å². The third kappa shape index (κ3) is 1.76. The van der Waals surface area contributed by atoms with E-state index in [4.69, 9.17) is 5.26 Å². The number of carbonyl (C=O) groups excluding carboxylic acids is 1. The SMILES string of the molecule is CN1CCC(n2c(CC#N)nc3ccccc32)C1=O. The molecule has 1 atom stereocenters. The maximum Gasteiger partial charge on any atom is 0.245 e. The second-order valence-electron chi connectivity index (χ2n) is 4.79. The van der Waals surface area contributed by atoms with E-state index in [-0.39, 0.29) is 18.4 Å². The Morgan fingerprint density at radius 2 is 2.26 bits per heavy atom. The van der Waals surface area contributed by atoms with E-state index in [1.807, 2.05) is 35.9 Å². The lowest BCUT2D eigenvalue weighted by Crippen LogP contribution is -2.25. The fraction of sp³-hybridized carbons (Fsp3) is 0.357. The predicted octanol–water partition coefficient (Wildman–Crippen LogP) is 1.51. The third-order valence-corrected chi connectivity index (χ3v) is 3.62. The summed E-state index contributed by atoms with van der Waals surface area (Å²) in [5.74, 6) is 0.777. The van der Waals surface area contributed by atoms with Crippen molar-refractivity contribution in [3.05, 3.63) is 30.1 Å². The van der Waals surface area contributed by atoms with Crippen molar-refractivity contribution in [2.75, 3.05) is 13.6 Å². The normalized spacial score (nSPS) is 19.1. The first-order valence-electron chi connectivity index (χ1n) is 6.30. The first-order valence-corrected chi connectivity index (χ1v) is 6.30. The number of imidazole rings is 1. The summed E-state index contributed by atoms with van der Waals surface area (Å²) >= 11 is 0. The Morgan fingerprint density at radius 1 is 1.47 bits per heavy atom. The highest BCUT2D eigenvalue weighted by Gasteiger charge is 2.33. The van der Waals surface area contributed by atoms with Gasteiger partial charge >= 0.3 is 0 Å². The van der Waals surface area contributed by atoms with Gasteiger partial charge in [0, 0.05) is 13.6 Å². The van der Waals surface area contributed by atoms with Gasteiger partial charge in [-0.3, -0.25) is 4.79 Å². The Kier molecular flexibility index (Phi) is 2.71. The van der Waals surface area contributed by atoms with Gasteiger partial charge in [-0.05, 0) is 18.6 Å². The summed E-state index contributed by atoms with van der Waals surface area (Å²) in [6.45, 7) is 0.752. The molecule has 0 spiro atoms. The van der Waals surface area contributed by atoms with Crippen molar-refractivity contribution in [1.29, 1.82) is 5.26 Å². The van der Waals surface area contributed by atoms with Crippen molar-refractivity contribution in [2.45, 2.75) is 18.9 Å². The Labute approximate surface area is 111 Å². The van der Waals surface area contributed by atoms with E-state index in [0.29, 0.717) is 5.82 Å². The highest BCUT2D eigenvalue weighted by molar-refractivity contribution is 5.85. The largest absolute Gasteiger partial charge is 0.344 e. The van der Waals surface area contributed by atoms with Gasteiger partial charge in [-0.1, -0.05) is 12.1 Å². The minimum atomic E-state index is -0.222. The predicted molar refractivity (Wildman–Crippen MR) is 70.3 cm³/mol. The van der Waals surface area contributed by atoms with Crippen molar-refractivity contribution < 1.29 is 4.79 Å². The van der Waals surface area contributed by atoms with Crippen LogP contribution in [0, 0.1) is 11.3 Å². The van der Waals surface area contributed by atoms with Crippen molar-refractivity contribution in [2.24, 2.45) is 0 Å². The molecule has 1 unspecified atom stereocenters. The second kappa shape index (κ2) is 4.39. The Hall–Kier alpha value is -2.35. The summed E-state index contributed by atoms with van der Waals surface area (Å²) in [4.78, 5) is 18.4. The molecule has 5 heteroatoms. The molecule has 2 aromatic rings. The number of rotatable bonds is 2. The number of likely N-dealkylation sites (tertiary alicyclic amines) is 1. The molecule has 2 heterocycles. The summed E-state index contributed by atoms with van der Waals surface area (Å²) in [6, 6.07) is 9.62. The molecule has 1 aliphatic rings. The molecule has 19 heavy (non-hydrogen) atoms. The van der Waals surface area contributed by atoms with Crippen LogP contribution in [-0.4, -0.2) is 34.0 Å². The van der Waals surface area contributed by atoms with Crippen LogP contribution in [0.15, 0.2) is 24.3 Å². The van der Waals surface area contributed by atoms with Crippen molar-refractivity contribution >= 4 is 16.9 Å². The molecule has 1 fully saturated rings. The van der Waals surface area contributed by atoms with Gasteiger partial charge in [-0.15, -0.1) is 0 Å². The summed E-state index contributed by atoms with van der Waals surface area (Å²) in [5, 5.41) is 8.93. The van der Waals surface area contributed by atoms with E-state index < -0.39 is 0 Å². The van der Waals surface area contributed by atoms with Crippen LogP contribution in [-0.2, 0) is 11.2 Å². The van der Waals surface area contributed by atoms with Crippen LogP contribution in [0.5, 0.6) is 0 Å². The number of nitrogens with zero attached hydrogens (tertiary/aromatic N) is 4. The van der Waals surface area contributed by atoms with E-state index >= 15 is 0 Å². The maximum atomic E-state index is 12.2. The summed E-state index contributed by atoms with van der Waals surface area (Å²) in [5.41, 5.74) is 1.77. The average Bonchev–Trinajstić information content (AvgIpc) is 2.92. The van der Waals surface area contributed by atoms with Crippen molar-refractivity contribution in [1.82, 2.24) is 14.5 Å². The molecule has 0 saturated carbocycles. The van der Waals surface area contributed by atoms with E-state index in [1.54, 1.807) is 4.90 Å². The Balaban J connectivity index is 2.18. The molecule has 1 amide bonds. The number of carbonyl (C=O) groups is 1. The molecule has 1 aliphatic heterocycles. The van der Waals surface area contributed by atoms with Gasteiger partial charge in [0.1, 0.15) is 11.9 Å². The number of benzene rings is 1. The molecule has 1 saturated heterocycles. The van der Waals surface area contributed by atoms with Crippen LogP contribution in [0.3, 0.4) is 0 Å². The lowest BCUT2D eigenvalue weighted by molar-refractivity contribution is -0.129. The lowest BCUT2D eigenvalue weighted by atomic mass is 10.2. The summed E-state index contributed by atoms with van der Waals surface area (Å²) in [6.07, 6.45) is 0.996. The molecule has 0 aliphatic carbocycles. The fourth-order valence-corrected chi connectivity index (χ4v) is 2.68. The number of nitriles is 1. The summed E-state index contributed by atoms with van der Waals surface area (Å²) in [7, 11) is 1.81. The van der Waals surface area contributed by atoms with Gasteiger partial charge in [0.05, 0.1) is 23.5 Å². The molecule has 1 aromatic heterocycles. The van der Waals surface area contributed by atoms with E-state index in [9.17, 15) is 4.79 Å². The molecule has 0 bridgehead atoms. The van der Waals surface area contributed by atoms with Crippen molar-refractivity contribution in [3.8, 4) is 6.07 Å². The maximum absolute atomic E-state index is 12.2. The fourth-order valence-electron chi connectivity index (χ4n) is 2.68. The zero-order chi connectivity index (χ0) is 13.4. The highest BCUT2D eigenvalue weighted by Crippen LogP contribution is 2.28. The van der Waals surface area contributed by atoms with Crippen LogP contribution >= 0.6 is 0 Å². The van der Waals surface area contributed by atoms with E-state index in [0.717, 1.165) is 24.0 Å². The molecule has 0 N–H and O–H groups in total. The van der Waals surface area contributed by atoms with E-state index in [2.05, 4.69) is 11.1 Å². The van der Waals surface area contributed by atoms with Gasteiger partial charge in [-0.25, -0.2) is 4.98 Å².